The minimum atomic E-state index is 0.926. The molecule has 0 bridgehead atoms. The van der Waals surface area contributed by atoms with Gasteiger partial charge in [-0.05, 0) is 47.9 Å². The zero-order chi connectivity index (χ0) is 14.7. The molecule has 0 unspecified atom stereocenters. The van der Waals surface area contributed by atoms with E-state index >= 15 is 0 Å². The zero-order valence-corrected chi connectivity index (χ0v) is 14.0. The van der Waals surface area contributed by atoms with E-state index in [-0.39, 0.29) is 0 Å². The van der Waals surface area contributed by atoms with Crippen molar-refractivity contribution in [3.05, 3.63) is 63.6 Å². The summed E-state index contributed by atoms with van der Waals surface area (Å²) in [4.78, 5) is 2.47. The highest BCUT2D eigenvalue weighted by atomic mass is 79.9. The summed E-state index contributed by atoms with van der Waals surface area (Å²) in [5, 5.41) is 3.52. The number of nitrogens with zero attached hydrogens (tertiary/aromatic N) is 1. The lowest BCUT2D eigenvalue weighted by Gasteiger charge is -2.22. The van der Waals surface area contributed by atoms with Gasteiger partial charge in [0.15, 0.2) is 0 Å². The monoisotopic (exact) mass is 344 g/mol. The lowest BCUT2D eigenvalue weighted by Crippen LogP contribution is -2.20. The van der Waals surface area contributed by atoms with Crippen LogP contribution in [0.5, 0.6) is 0 Å². The van der Waals surface area contributed by atoms with Crippen molar-refractivity contribution in [2.75, 3.05) is 11.4 Å². The minimum absolute atomic E-state index is 0.926. The summed E-state index contributed by atoms with van der Waals surface area (Å²) < 4.78 is 1.15. The molecule has 1 N–H and O–H groups in total. The van der Waals surface area contributed by atoms with Crippen LogP contribution in [0.2, 0.25) is 0 Å². The van der Waals surface area contributed by atoms with E-state index in [0.29, 0.717) is 0 Å². The van der Waals surface area contributed by atoms with Crippen LogP contribution in [-0.2, 0) is 19.6 Å². The normalized spacial score (nSPS) is 13.5. The average molecular weight is 345 g/mol. The van der Waals surface area contributed by atoms with Crippen LogP contribution in [0, 0.1) is 0 Å². The van der Waals surface area contributed by atoms with Gasteiger partial charge in [0.25, 0.3) is 0 Å². The molecule has 0 aromatic heterocycles. The van der Waals surface area contributed by atoms with Crippen LogP contribution in [0.25, 0.3) is 0 Å². The summed E-state index contributed by atoms with van der Waals surface area (Å²) in [5.41, 5.74) is 5.62. The van der Waals surface area contributed by atoms with Crippen molar-refractivity contribution in [1.29, 1.82) is 0 Å². The Morgan fingerprint density at radius 2 is 1.81 bits per heavy atom. The Bertz CT molecular complexity index is 599. The Kier molecular flexibility index (Phi) is 4.61. The van der Waals surface area contributed by atoms with Crippen molar-refractivity contribution in [3.63, 3.8) is 0 Å². The number of fused-ring (bicyclic) bond motifs is 1. The molecule has 2 nitrogen and oxygen atoms in total. The number of hydrogen-bond acceptors (Lipinski definition) is 2. The van der Waals surface area contributed by atoms with Crippen molar-refractivity contribution in [1.82, 2.24) is 5.32 Å². The molecule has 3 heteroatoms. The summed E-state index contributed by atoms with van der Waals surface area (Å²) in [7, 11) is 0. The fourth-order valence-electron chi connectivity index (χ4n) is 2.91. The van der Waals surface area contributed by atoms with Crippen molar-refractivity contribution in [3.8, 4) is 0 Å². The molecule has 3 rings (SSSR count). The van der Waals surface area contributed by atoms with Crippen molar-refractivity contribution < 1.29 is 0 Å². The third-order valence-electron chi connectivity index (χ3n) is 3.97. The van der Waals surface area contributed by atoms with Crippen molar-refractivity contribution in [2.45, 2.75) is 33.0 Å². The SMILES string of the molecule is CCCNCc1cc(Br)ccc1N1Cc2ccccc2C1. The minimum Gasteiger partial charge on any atom is -0.363 e. The first-order chi connectivity index (χ1) is 10.3. The third-order valence-corrected chi connectivity index (χ3v) is 4.46. The fourth-order valence-corrected chi connectivity index (χ4v) is 3.32. The molecule has 1 aliphatic heterocycles. The second kappa shape index (κ2) is 6.63. The van der Waals surface area contributed by atoms with Gasteiger partial charge in [-0.3, -0.25) is 0 Å². The number of nitrogens with one attached hydrogen (secondary N) is 1. The Hall–Kier alpha value is -1.32. The number of anilines is 1. The van der Waals surface area contributed by atoms with Gasteiger partial charge in [0.2, 0.25) is 0 Å². The molecule has 21 heavy (non-hydrogen) atoms. The smallest absolute Gasteiger partial charge is 0.0436 e. The van der Waals surface area contributed by atoms with E-state index in [1.54, 1.807) is 0 Å². The van der Waals surface area contributed by atoms with Crippen LogP contribution in [0.4, 0.5) is 5.69 Å². The molecule has 0 atom stereocenters. The summed E-state index contributed by atoms with van der Waals surface area (Å²) in [6, 6.07) is 15.4. The highest BCUT2D eigenvalue weighted by Crippen LogP contribution is 2.32. The fraction of sp³-hybridized carbons (Fsp3) is 0.333. The maximum Gasteiger partial charge on any atom is 0.0436 e. The van der Waals surface area contributed by atoms with E-state index in [1.165, 1.54) is 28.8 Å². The highest BCUT2D eigenvalue weighted by Gasteiger charge is 2.20. The van der Waals surface area contributed by atoms with E-state index in [4.69, 9.17) is 0 Å². The Morgan fingerprint density at radius 3 is 2.48 bits per heavy atom. The van der Waals surface area contributed by atoms with E-state index < -0.39 is 0 Å². The summed E-state index contributed by atoms with van der Waals surface area (Å²) >= 11 is 3.60. The summed E-state index contributed by atoms with van der Waals surface area (Å²) in [6.07, 6.45) is 1.17. The predicted octanol–water partition coefficient (Wildman–Crippen LogP) is 4.47. The molecule has 0 saturated carbocycles. The van der Waals surface area contributed by atoms with Crippen molar-refractivity contribution in [2.24, 2.45) is 0 Å². The predicted molar refractivity (Wildman–Crippen MR) is 92.5 cm³/mol. The topological polar surface area (TPSA) is 15.3 Å². The summed E-state index contributed by atoms with van der Waals surface area (Å²) in [6.45, 7) is 6.21. The molecule has 0 spiro atoms. The molecule has 1 heterocycles. The molecule has 2 aromatic rings. The van der Waals surface area contributed by atoms with E-state index in [0.717, 1.165) is 30.7 Å². The van der Waals surface area contributed by atoms with Gasteiger partial charge in [-0.2, -0.15) is 0 Å². The number of halogens is 1. The molecule has 0 radical (unpaired) electrons. The maximum absolute atomic E-state index is 3.60. The van der Waals surface area contributed by atoms with Gasteiger partial charge in [0.1, 0.15) is 0 Å². The third kappa shape index (κ3) is 3.30. The van der Waals surface area contributed by atoms with Crippen LogP contribution in [0.3, 0.4) is 0 Å². The molecule has 0 aliphatic carbocycles. The quantitative estimate of drug-likeness (QED) is 0.805. The number of hydrogen-bond donors (Lipinski definition) is 1. The Labute approximate surface area is 135 Å². The zero-order valence-electron chi connectivity index (χ0n) is 12.4. The molecule has 0 amide bonds. The molecule has 110 valence electrons. The largest absolute Gasteiger partial charge is 0.363 e. The first kappa shape index (κ1) is 14.6. The van der Waals surface area contributed by atoms with E-state index in [9.17, 15) is 0 Å². The van der Waals surface area contributed by atoms with Crippen LogP contribution in [0.15, 0.2) is 46.9 Å². The van der Waals surface area contributed by atoms with Crippen LogP contribution in [-0.4, -0.2) is 6.54 Å². The van der Waals surface area contributed by atoms with Gasteiger partial charge in [0.05, 0.1) is 0 Å². The lowest BCUT2D eigenvalue weighted by molar-refractivity contribution is 0.672. The van der Waals surface area contributed by atoms with Gasteiger partial charge in [0, 0.05) is 29.8 Å². The van der Waals surface area contributed by atoms with Crippen LogP contribution >= 0.6 is 15.9 Å². The maximum atomic E-state index is 3.60. The molecule has 0 fully saturated rings. The highest BCUT2D eigenvalue weighted by molar-refractivity contribution is 9.10. The first-order valence-corrected chi connectivity index (χ1v) is 8.38. The van der Waals surface area contributed by atoms with Gasteiger partial charge in [-0.25, -0.2) is 0 Å². The summed E-state index contributed by atoms with van der Waals surface area (Å²) in [5.74, 6) is 0. The van der Waals surface area contributed by atoms with Gasteiger partial charge in [-0.1, -0.05) is 47.1 Å². The Morgan fingerprint density at radius 1 is 1.10 bits per heavy atom. The first-order valence-electron chi connectivity index (χ1n) is 7.59. The van der Waals surface area contributed by atoms with Gasteiger partial charge >= 0.3 is 0 Å². The second-order valence-electron chi connectivity index (χ2n) is 5.57. The van der Waals surface area contributed by atoms with E-state index in [2.05, 4.69) is 75.5 Å². The van der Waals surface area contributed by atoms with Crippen LogP contribution in [0.1, 0.15) is 30.0 Å². The van der Waals surface area contributed by atoms with Gasteiger partial charge in [-0.15, -0.1) is 0 Å². The van der Waals surface area contributed by atoms with E-state index in [1.807, 2.05) is 0 Å². The molecular formula is C18H21BrN2. The van der Waals surface area contributed by atoms with Gasteiger partial charge < -0.3 is 10.2 Å². The molecule has 1 aliphatic rings. The number of benzene rings is 2. The van der Waals surface area contributed by atoms with Crippen LogP contribution < -0.4 is 10.2 Å². The molecule has 2 aromatic carbocycles. The second-order valence-corrected chi connectivity index (χ2v) is 6.49. The molecular weight excluding hydrogens is 324 g/mol. The standard InChI is InChI=1S/C18H21BrN2/c1-2-9-20-11-16-10-17(19)7-8-18(16)21-12-14-5-3-4-6-15(14)13-21/h3-8,10,20H,2,9,11-13H2,1H3. The number of rotatable bonds is 5. The Balaban J connectivity index is 1.82. The lowest BCUT2D eigenvalue weighted by atomic mass is 10.1. The molecule has 0 saturated heterocycles. The van der Waals surface area contributed by atoms with Crippen molar-refractivity contribution >= 4 is 21.6 Å². The average Bonchev–Trinajstić information content (AvgIpc) is 2.91.